The molecule has 3 aromatic rings. The molecule has 0 saturated heterocycles. The summed E-state index contributed by atoms with van der Waals surface area (Å²) in [6, 6.07) is 12.5. The van der Waals surface area contributed by atoms with Gasteiger partial charge in [0.15, 0.2) is 0 Å². The Bertz CT molecular complexity index is 1130. The number of hydrogen-bond acceptors (Lipinski definition) is 7. The smallest absolute Gasteiger partial charge is 0.270 e. The van der Waals surface area contributed by atoms with Crippen molar-refractivity contribution >= 4 is 15.7 Å². The number of nitro benzene ring substituents is 1. The van der Waals surface area contributed by atoms with Crippen molar-refractivity contribution in [1.29, 1.82) is 0 Å². The van der Waals surface area contributed by atoms with E-state index in [0.717, 1.165) is 17.2 Å². The molecule has 0 aliphatic rings. The first-order chi connectivity index (χ1) is 13.6. The molecule has 0 saturated carbocycles. The molecule has 1 N–H and O–H groups in total. The first-order valence-corrected chi connectivity index (χ1v) is 10.2. The Labute approximate surface area is 168 Å². The molecule has 0 radical (unpaired) electrons. The van der Waals surface area contributed by atoms with Gasteiger partial charge in [-0.15, -0.1) is 0 Å². The number of sulfonamides is 1. The van der Waals surface area contributed by atoms with Crippen molar-refractivity contribution in [3.63, 3.8) is 0 Å². The van der Waals surface area contributed by atoms with Crippen molar-refractivity contribution in [3.05, 3.63) is 70.1 Å². The van der Waals surface area contributed by atoms with Crippen molar-refractivity contribution in [2.45, 2.75) is 37.6 Å². The van der Waals surface area contributed by atoms with Gasteiger partial charge in [0.25, 0.3) is 5.69 Å². The molecule has 0 bridgehead atoms. The van der Waals surface area contributed by atoms with Crippen LogP contribution in [0.3, 0.4) is 0 Å². The van der Waals surface area contributed by atoms with Gasteiger partial charge in [0.05, 0.1) is 16.4 Å². The fraction of sp³-hybridized carbons (Fsp3) is 0.263. The summed E-state index contributed by atoms with van der Waals surface area (Å²) in [6.45, 7) is 6.10. The summed E-state index contributed by atoms with van der Waals surface area (Å²) in [6.07, 6.45) is 0. The van der Waals surface area contributed by atoms with Gasteiger partial charge in [0, 0.05) is 17.7 Å². The molecule has 1 aromatic heterocycles. The van der Waals surface area contributed by atoms with Gasteiger partial charge in [0.1, 0.15) is 0 Å². The first kappa shape index (κ1) is 20.6. The SMILES string of the molecule is CC(C)(C)c1ccc(-c2noc(CNS(=O)(=O)c3cccc([N+](=O)[O-])c3)n2)cc1. The molecule has 29 heavy (non-hydrogen) atoms. The van der Waals surface area contributed by atoms with Crippen LogP contribution < -0.4 is 4.72 Å². The summed E-state index contributed by atoms with van der Waals surface area (Å²) in [7, 11) is -3.97. The van der Waals surface area contributed by atoms with Crippen molar-refractivity contribution in [2.75, 3.05) is 0 Å². The lowest BCUT2D eigenvalue weighted by Gasteiger charge is -2.18. The van der Waals surface area contributed by atoms with Crippen LogP contribution in [0.15, 0.2) is 57.9 Å². The Morgan fingerprint density at radius 3 is 2.45 bits per heavy atom. The Balaban J connectivity index is 1.72. The molecule has 0 aliphatic carbocycles. The number of aromatic nitrogens is 2. The zero-order valence-corrected chi connectivity index (χ0v) is 16.9. The third-order valence-electron chi connectivity index (χ3n) is 4.23. The molecule has 0 atom stereocenters. The second-order valence-corrected chi connectivity index (χ2v) is 9.19. The Morgan fingerprint density at radius 1 is 1.14 bits per heavy atom. The van der Waals surface area contributed by atoms with E-state index in [4.69, 9.17) is 4.52 Å². The lowest BCUT2D eigenvalue weighted by Crippen LogP contribution is -2.23. The maximum atomic E-state index is 12.4. The van der Waals surface area contributed by atoms with E-state index in [-0.39, 0.29) is 28.4 Å². The molecule has 152 valence electrons. The quantitative estimate of drug-likeness (QED) is 0.481. The highest BCUT2D eigenvalue weighted by Crippen LogP contribution is 2.25. The minimum atomic E-state index is -3.97. The summed E-state index contributed by atoms with van der Waals surface area (Å²) in [5, 5.41) is 14.7. The number of benzene rings is 2. The van der Waals surface area contributed by atoms with E-state index in [1.54, 1.807) is 0 Å². The average molecular weight is 416 g/mol. The standard InChI is InChI=1S/C19H20N4O5S/c1-19(2,3)14-9-7-13(8-10-14)18-21-17(28-22-18)12-20-29(26,27)16-6-4-5-15(11-16)23(24)25/h4-11,20H,12H2,1-3H3. The lowest BCUT2D eigenvalue weighted by molar-refractivity contribution is -0.385. The molecule has 3 rings (SSSR count). The van der Waals surface area contributed by atoms with Crippen molar-refractivity contribution in [3.8, 4) is 11.4 Å². The van der Waals surface area contributed by atoms with Crippen LogP contribution >= 0.6 is 0 Å². The Morgan fingerprint density at radius 2 is 1.83 bits per heavy atom. The number of hydrogen-bond donors (Lipinski definition) is 1. The van der Waals surface area contributed by atoms with E-state index in [0.29, 0.717) is 5.82 Å². The van der Waals surface area contributed by atoms with Crippen LogP contribution in [0.2, 0.25) is 0 Å². The van der Waals surface area contributed by atoms with Crippen LogP contribution in [-0.2, 0) is 22.0 Å². The molecule has 0 fully saturated rings. The van der Waals surface area contributed by atoms with Crippen molar-refractivity contribution in [1.82, 2.24) is 14.9 Å². The number of nitrogens with one attached hydrogen (secondary N) is 1. The van der Waals surface area contributed by atoms with Crippen LogP contribution in [0.25, 0.3) is 11.4 Å². The third-order valence-corrected chi connectivity index (χ3v) is 5.63. The summed E-state index contributed by atoms with van der Waals surface area (Å²) >= 11 is 0. The molecule has 9 nitrogen and oxygen atoms in total. The highest BCUT2D eigenvalue weighted by atomic mass is 32.2. The second kappa shape index (κ2) is 7.72. The molecule has 0 unspecified atom stereocenters. The van der Waals surface area contributed by atoms with Gasteiger partial charge in [-0.3, -0.25) is 10.1 Å². The van der Waals surface area contributed by atoms with E-state index in [9.17, 15) is 18.5 Å². The molecule has 0 spiro atoms. The predicted molar refractivity (Wildman–Crippen MR) is 106 cm³/mol. The monoisotopic (exact) mass is 416 g/mol. The van der Waals surface area contributed by atoms with E-state index in [1.165, 1.54) is 18.2 Å². The Hall–Kier alpha value is -3.11. The van der Waals surface area contributed by atoms with Crippen molar-refractivity contribution in [2.24, 2.45) is 0 Å². The van der Waals surface area contributed by atoms with Crippen LogP contribution in [0, 0.1) is 10.1 Å². The molecule has 0 aliphatic heterocycles. The average Bonchev–Trinajstić information content (AvgIpc) is 3.15. The van der Waals surface area contributed by atoms with Crippen LogP contribution in [-0.4, -0.2) is 23.5 Å². The largest absolute Gasteiger partial charge is 0.338 e. The van der Waals surface area contributed by atoms with Gasteiger partial charge in [-0.25, -0.2) is 13.1 Å². The van der Waals surface area contributed by atoms with E-state index in [1.807, 2.05) is 24.3 Å². The van der Waals surface area contributed by atoms with Gasteiger partial charge in [-0.1, -0.05) is 56.3 Å². The topological polar surface area (TPSA) is 128 Å². The predicted octanol–water partition coefficient (Wildman–Crippen LogP) is 3.42. The highest BCUT2D eigenvalue weighted by molar-refractivity contribution is 7.89. The molecule has 1 heterocycles. The first-order valence-electron chi connectivity index (χ1n) is 8.74. The Kier molecular flexibility index (Phi) is 5.49. The van der Waals surface area contributed by atoms with Gasteiger partial charge >= 0.3 is 0 Å². The molecule has 10 heteroatoms. The third kappa shape index (κ3) is 4.84. The molecule has 2 aromatic carbocycles. The van der Waals surface area contributed by atoms with Crippen molar-refractivity contribution < 1.29 is 17.9 Å². The van der Waals surface area contributed by atoms with Gasteiger partial charge < -0.3 is 4.52 Å². The summed E-state index contributed by atoms with van der Waals surface area (Å²) in [5.74, 6) is 0.420. The second-order valence-electron chi connectivity index (χ2n) is 7.42. The zero-order valence-electron chi connectivity index (χ0n) is 16.1. The van der Waals surface area contributed by atoms with Crippen LogP contribution in [0.4, 0.5) is 5.69 Å². The lowest BCUT2D eigenvalue weighted by atomic mass is 9.87. The summed E-state index contributed by atoms with van der Waals surface area (Å²) < 4.78 is 32.1. The van der Waals surface area contributed by atoms with Gasteiger partial charge in [-0.05, 0) is 17.0 Å². The number of non-ortho nitro benzene ring substituents is 1. The zero-order chi connectivity index (χ0) is 21.2. The minimum Gasteiger partial charge on any atom is -0.338 e. The van der Waals surface area contributed by atoms with Crippen LogP contribution in [0.5, 0.6) is 0 Å². The van der Waals surface area contributed by atoms with Gasteiger partial charge in [-0.2, -0.15) is 4.98 Å². The normalized spacial score (nSPS) is 12.1. The highest BCUT2D eigenvalue weighted by Gasteiger charge is 2.19. The number of nitro groups is 1. The van der Waals surface area contributed by atoms with Crippen LogP contribution in [0.1, 0.15) is 32.2 Å². The molecular weight excluding hydrogens is 396 g/mol. The summed E-state index contributed by atoms with van der Waals surface area (Å²) in [5.41, 5.74) is 1.61. The maximum absolute atomic E-state index is 12.4. The molecular formula is C19H20N4O5S. The fourth-order valence-corrected chi connectivity index (χ4v) is 3.58. The van der Waals surface area contributed by atoms with E-state index in [2.05, 4.69) is 35.6 Å². The fourth-order valence-electron chi connectivity index (χ4n) is 2.57. The van der Waals surface area contributed by atoms with Gasteiger partial charge in [0.2, 0.25) is 21.7 Å². The van der Waals surface area contributed by atoms with E-state index < -0.39 is 14.9 Å². The van der Waals surface area contributed by atoms with E-state index >= 15 is 0 Å². The maximum Gasteiger partial charge on any atom is 0.270 e. The minimum absolute atomic E-state index is 0.0196. The molecule has 0 amide bonds. The summed E-state index contributed by atoms with van der Waals surface area (Å²) in [4.78, 5) is 14.2. The number of nitrogens with zero attached hydrogens (tertiary/aromatic N) is 3. The number of rotatable bonds is 6.